The third-order valence-electron chi connectivity index (χ3n) is 5.92. The Morgan fingerprint density at radius 3 is 2.74 bits per heavy atom. The average molecular weight is 486 g/mol. The van der Waals surface area contributed by atoms with Gasteiger partial charge in [0.15, 0.2) is 9.84 Å². The molecule has 0 saturated carbocycles. The molecule has 2 aliphatic heterocycles. The number of ether oxygens (including phenoxy) is 1. The van der Waals surface area contributed by atoms with Gasteiger partial charge in [-0.05, 0) is 49.7 Å². The van der Waals surface area contributed by atoms with Crippen molar-refractivity contribution in [3.8, 4) is 0 Å². The Morgan fingerprint density at radius 2 is 2.10 bits per heavy atom. The Kier molecular flexibility index (Phi) is 7.43. The van der Waals surface area contributed by atoms with E-state index in [0.29, 0.717) is 17.2 Å². The summed E-state index contributed by atoms with van der Waals surface area (Å²) in [7, 11) is -3.27. The van der Waals surface area contributed by atoms with E-state index in [9.17, 15) is 13.2 Å². The van der Waals surface area contributed by atoms with Crippen LogP contribution in [0, 0.1) is 0 Å². The van der Waals surface area contributed by atoms with Gasteiger partial charge in [0.1, 0.15) is 5.60 Å². The second-order valence-corrected chi connectivity index (χ2v) is 11.3. The SMILES string of the molecule is CCS(=O)(=O)c1ccc(CNC(=O)c2cc3c(s2)C2(CCNCC2)OCC3C)nc1.Cl. The highest BCUT2D eigenvalue weighted by atomic mass is 35.5. The quantitative estimate of drug-likeness (QED) is 0.675. The largest absolute Gasteiger partial charge is 0.369 e. The number of hydrogen-bond donors (Lipinski definition) is 2. The molecule has 2 aromatic rings. The summed E-state index contributed by atoms with van der Waals surface area (Å²) in [6, 6.07) is 5.19. The van der Waals surface area contributed by atoms with E-state index in [1.807, 2.05) is 6.07 Å². The molecule has 0 aliphatic carbocycles. The molecule has 31 heavy (non-hydrogen) atoms. The van der Waals surface area contributed by atoms with E-state index in [-0.39, 0.29) is 47.0 Å². The Morgan fingerprint density at radius 1 is 1.35 bits per heavy atom. The second-order valence-electron chi connectivity index (χ2n) is 7.92. The Balaban J connectivity index is 0.00000272. The summed E-state index contributed by atoms with van der Waals surface area (Å²) in [4.78, 5) is 19.1. The van der Waals surface area contributed by atoms with Crippen LogP contribution >= 0.6 is 23.7 Å². The minimum absolute atomic E-state index is 0. The highest BCUT2D eigenvalue weighted by Crippen LogP contribution is 2.47. The molecule has 1 amide bonds. The monoisotopic (exact) mass is 485 g/mol. The molecule has 1 spiro atoms. The first-order valence-corrected chi connectivity index (χ1v) is 12.8. The van der Waals surface area contributed by atoms with Crippen LogP contribution in [0.3, 0.4) is 0 Å². The van der Waals surface area contributed by atoms with Gasteiger partial charge in [0.2, 0.25) is 0 Å². The zero-order valence-corrected chi connectivity index (χ0v) is 20.1. The van der Waals surface area contributed by atoms with Gasteiger partial charge in [-0.25, -0.2) is 8.42 Å². The number of amides is 1. The molecule has 2 aliphatic rings. The van der Waals surface area contributed by atoms with E-state index in [1.165, 1.54) is 34.0 Å². The number of thiophene rings is 1. The van der Waals surface area contributed by atoms with Crippen LogP contribution in [0.2, 0.25) is 0 Å². The van der Waals surface area contributed by atoms with Crippen LogP contribution in [0.4, 0.5) is 0 Å². The number of rotatable bonds is 5. The third kappa shape index (κ3) is 4.80. The van der Waals surface area contributed by atoms with Crippen LogP contribution < -0.4 is 10.6 Å². The molecular weight excluding hydrogens is 458 g/mol. The number of sulfone groups is 1. The zero-order valence-electron chi connectivity index (χ0n) is 17.6. The molecule has 1 atom stereocenters. The smallest absolute Gasteiger partial charge is 0.261 e. The molecule has 7 nitrogen and oxygen atoms in total. The maximum absolute atomic E-state index is 12.8. The maximum atomic E-state index is 12.8. The number of nitrogens with one attached hydrogen (secondary N) is 2. The maximum Gasteiger partial charge on any atom is 0.261 e. The molecule has 10 heteroatoms. The number of halogens is 1. The summed E-state index contributed by atoms with van der Waals surface area (Å²) >= 11 is 1.53. The molecule has 2 N–H and O–H groups in total. The van der Waals surface area contributed by atoms with E-state index in [0.717, 1.165) is 25.9 Å². The minimum Gasteiger partial charge on any atom is -0.369 e. The minimum atomic E-state index is -3.27. The van der Waals surface area contributed by atoms with E-state index < -0.39 is 9.84 Å². The first-order chi connectivity index (χ1) is 14.3. The van der Waals surface area contributed by atoms with E-state index >= 15 is 0 Å². The lowest BCUT2D eigenvalue weighted by Crippen LogP contribution is -2.44. The molecule has 170 valence electrons. The number of piperidine rings is 1. The summed E-state index contributed by atoms with van der Waals surface area (Å²) in [5, 5.41) is 6.29. The lowest BCUT2D eigenvalue weighted by atomic mass is 9.83. The lowest BCUT2D eigenvalue weighted by Gasteiger charge is -2.42. The fourth-order valence-corrected chi connectivity index (χ4v) is 6.22. The van der Waals surface area contributed by atoms with Crippen LogP contribution in [0.15, 0.2) is 29.3 Å². The highest BCUT2D eigenvalue weighted by Gasteiger charge is 2.43. The lowest BCUT2D eigenvalue weighted by molar-refractivity contribution is -0.0842. The van der Waals surface area contributed by atoms with Crippen molar-refractivity contribution in [1.82, 2.24) is 15.6 Å². The molecule has 4 rings (SSSR count). The van der Waals surface area contributed by atoms with Gasteiger partial charge in [0, 0.05) is 17.0 Å². The van der Waals surface area contributed by atoms with Crippen LogP contribution in [-0.2, 0) is 26.7 Å². The summed E-state index contributed by atoms with van der Waals surface area (Å²) in [6.07, 6.45) is 3.19. The third-order valence-corrected chi connectivity index (χ3v) is 8.97. The van der Waals surface area contributed by atoms with E-state index in [1.54, 1.807) is 13.0 Å². The van der Waals surface area contributed by atoms with E-state index in [4.69, 9.17) is 4.74 Å². The Hall–Kier alpha value is -1.52. The van der Waals surface area contributed by atoms with Crippen LogP contribution in [0.25, 0.3) is 0 Å². The molecule has 2 aromatic heterocycles. The Bertz CT molecular complexity index is 1030. The van der Waals surface area contributed by atoms with E-state index in [2.05, 4.69) is 22.5 Å². The number of nitrogens with zero attached hydrogens (tertiary/aromatic N) is 1. The van der Waals surface area contributed by atoms with Crippen molar-refractivity contribution in [2.24, 2.45) is 0 Å². The Labute approximate surface area is 193 Å². The normalized spacial score (nSPS) is 20.0. The topological polar surface area (TPSA) is 97.4 Å². The number of carbonyl (C=O) groups excluding carboxylic acids is 1. The standard InChI is InChI=1S/C21H27N3O4S2.ClH/c1-3-30(26,27)16-5-4-15(23-12-16)11-24-20(25)18-10-17-14(2)13-28-21(19(17)29-18)6-8-22-9-7-21;/h4-5,10,12,14,22H,3,6-9,11,13H2,1-2H3,(H,24,25);1H. The van der Waals surface area contributed by atoms with Crippen molar-refractivity contribution in [2.75, 3.05) is 25.4 Å². The van der Waals surface area contributed by atoms with Gasteiger partial charge in [0.25, 0.3) is 5.91 Å². The second kappa shape index (κ2) is 9.54. The molecule has 0 bridgehead atoms. The zero-order chi connectivity index (χ0) is 21.4. The van der Waals surface area contributed by atoms with Crippen LogP contribution in [0.5, 0.6) is 0 Å². The molecule has 1 fully saturated rings. The van der Waals surface area contributed by atoms with Crippen molar-refractivity contribution >= 4 is 39.5 Å². The van der Waals surface area contributed by atoms with Gasteiger partial charge in [-0.15, -0.1) is 23.7 Å². The molecule has 1 unspecified atom stereocenters. The molecule has 1 saturated heterocycles. The molecule has 4 heterocycles. The van der Waals surface area contributed by atoms with Gasteiger partial charge in [-0.1, -0.05) is 13.8 Å². The van der Waals surface area contributed by atoms with Crippen molar-refractivity contribution in [3.05, 3.63) is 45.4 Å². The number of fused-ring (bicyclic) bond motifs is 2. The average Bonchev–Trinajstić information content (AvgIpc) is 3.23. The number of aromatic nitrogens is 1. The first-order valence-electron chi connectivity index (χ1n) is 10.3. The first kappa shape index (κ1) is 24.1. The van der Waals surface area contributed by atoms with Crippen molar-refractivity contribution in [3.63, 3.8) is 0 Å². The molecule has 0 radical (unpaired) electrons. The van der Waals surface area contributed by atoms with Crippen molar-refractivity contribution < 1.29 is 17.9 Å². The summed E-state index contributed by atoms with van der Waals surface area (Å²) < 4.78 is 30.1. The van der Waals surface area contributed by atoms with Crippen LogP contribution in [-0.4, -0.2) is 44.8 Å². The van der Waals surface area contributed by atoms with Crippen LogP contribution in [0.1, 0.15) is 58.4 Å². The van der Waals surface area contributed by atoms with Gasteiger partial charge in [-0.2, -0.15) is 0 Å². The van der Waals surface area contributed by atoms with Gasteiger partial charge in [0.05, 0.1) is 34.4 Å². The fourth-order valence-electron chi connectivity index (χ4n) is 4.01. The summed E-state index contributed by atoms with van der Waals surface area (Å²) in [6.45, 7) is 6.50. The number of hydrogen-bond acceptors (Lipinski definition) is 7. The predicted molar refractivity (Wildman–Crippen MR) is 123 cm³/mol. The predicted octanol–water partition coefficient (Wildman–Crippen LogP) is 3.00. The number of carbonyl (C=O) groups is 1. The molecule has 0 aromatic carbocycles. The van der Waals surface area contributed by atoms with Gasteiger partial charge < -0.3 is 15.4 Å². The number of pyridine rings is 1. The highest BCUT2D eigenvalue weighted by molar-refractivity contribution is 7.91. The van der Waals surface area contributed by atoms with Crippen molar-refractivity contribution in [1.29, 1.82) is 0 Å². The fraction of sp³-hybridized carbons (Fsp3) is 0.524. The van der Waals surface area contributed by atoms with Crippen molar-refractivity contribution in [2.45, 2.75) is 49.6 Å². The summed E-state index contributed by atoms with van der Waals surface area (Å²) in [5.41, 5.74) is 1.58. The summed E-state index contributed by atoms with van der Waals surface area (Å²) in [5.74, 6) is 0.166. The van der Waals surface area contributed by atoms with Gasteiger partial charge >= 0.3 is 0 Å². The van der Waals surface area contributed by atoms with Gasteiger partial charge in [-0.3, -0.25) is 9.78 Å². The molecular formula is C21H28ClN3O4S2.